The Morgan fingerprint density at radius 3 is 2.80 bits per heavy atom. The second-order valence-corrected chi connectivity index (χ2v) is 5.02. The van der Waals surface area contributed by atoms with Crippen molar-refractivity contribution in [2.45, 2.75) is 13.1 Å². The zero-order chi connectivity index (χ0) is 13.8. The fourth-order valence-corrected chi connectivity index (χ4v) is 2.53. The normalized spacial score (nSPS) is 15.1. The number of fused-ring (bicyclic) bond motifs is 1. The van der Waals surface area contributed by atoms with E-state index >= 15 is 0 Å². The third-order valence-corrected chi connectivity index (χ3v) is 3.58. The number of nitrogens with zero attached hydrogens (tertiary/aromatic N) is 1. The molecule has 0 aliphatic carbocycles. The zero-order valence-corrected chi connectivity index (χ0v) is 11.7. The summed E-state index contributed by atoms with van der Waals surface area (Å²) < 4.78 is 11.1. The molecule has 1 heterocycles. The van der Waals surface area contributed by atoms with Gasteiger partial charge in [-0.1, -0.05) is 30.3 Å². The maximum Gasteiger partial charge on any atom is 0.124 e. The Labute approximate surface area is 119 Å². The molecule has 0 aromatic heterocycles. The molecular formula is C17H19NO2. The van der Waals surface area contributed by atoms with Crippen LogP contribution in [0.15, 0.2) is 48.5 Å². The fourth-order valence-electron chi connectivity index (χ4n) is 2.53. The summed E-state index contributed by atoms with van der Waals surface area (Å²) in [6.07, 6.45) is 0. The van der Waals surface area contributed by atoms with Crippen LogP contribution in [0.3, 0.4) is 0 Å². The summed E-state index contributed by atoms with van der Waals surface area (Å²) in [4.78, 5) is 2.40. The van der Waals surface area contributed by atoms with Crippen LogP contribution in [0.2, 0.25) is 0 Å². The van der Waals surface area contributed by atoms with E-state index in [2.05, 4.69) is 41.3 Å². The molecule has 20 heavy (non-hydrogen) atoms. The van der Waals surface area contributed by atoms with Crippen molar-refractivity contribution in [2.24, 2.45) is 0 Å². The van der Waals surface area contributed by atoms with Crippen molar-refractivity contribution in [1.29, 1.82) is 0 Å². The topological polar surface area (TPSA) is 21.7 Å². The van der Waals surface area contributed by atoms with Gasteiger partial charge >= 0.3 is 0 Å². The summed E-state index contributed by atoms with van der Waals surface area (Å²) in [5.41, 5.74) is 2.52. The molecule has 0 atom stereocenters. The van der Waals surface area contributed by atoms with Gasteiger partial charge in [-0.15, -0.1) is 0 Å². The third kappa shape index (κ3) is 2.94. The second kappa shape index (κ2) is 5.97. The van der Waals surface area contributed by atoms with Crippen molar-refractivity contribution < 1.29 is 9.47 Å². The second-order valence-electron chi connectivity index (χ2n) is 5.02. The maximum absolute atomic E-state index is 5.82. The van der Waals surface area contributed by atoms with E-state index in [1.165, 1.54) is 11.1 Å². The molecule has 0 unspecified atom stereocenters. The van der Waals surface area contributed by atoms with Crippen molar-refractivity contribution in [3.8, 4) is 11.5 Å². The SMILES string of the molecule is COc1ccc2c(c1)CN(Cc1ccccc1)CCO2. The molecule has 0 fully saturated rings. The number of rotatable bonds is 3. The summed E-state index contributed by atoms with van der Waals surface area (Å²) in [5, 5.41) is 0. The molecule has 0 spiro atoms. The molecule has 104 valence electrons. The standard InChI is InChI=1S/C17H19NO2/c1-19-16-7-8-17-15(11-16)13-18(9-10-20-17)12-14-5-3-2-4-6-14/h2-8,11H,9-10,12-13H2,1H3. The molecule has 2 aromatic carbocycles. The molecule has 0 amide bonds. The van der Waals surface area contributed by atoms with Gasteiger partial charge in [0.2, 0.25) is 0 Å². The molecule has 0 radical (unpaired) electrons. The van der Waals surface area contributed by atoms with Gasteiger partial charge in [0, 0.05) is 25.2 Å². The molecular weight excluding hydrogens is 250 g/mol. The van der Waals surface area contributed by atoms with Gasteiger partial charge in [0.05, 0.1) is 7.11 Å². The van der Waals surface area contributed by atoms with Crippen LogP contribution in [0.1, 0.15) is 11.1 Å². The monoisotopic (exact) mass is 269 g/mol. The first-order valence-corrected chi connectivity index (χ1v) is 6.91. The number of ether oxygens (including phenoxy) is 2. The van der Waals surface area contributed by atoms with E-state index in [9.17, 15) is 0 Å². The van der Waals surface area contributed by atoms with Crippen LogP contribution >= 0.6 is 0 Å². The summed E-state index contributed by atoms with van der Waals surface area (Å²) in [7, 11) is 1.70. The average molecular weight is 269 g/mol. The number of hydrogen-bond acceptors (Lipinski definition) is 3. The largest absolute Gasteiger partial charge is 0.497 e. The molecule has 3 rings (SSSR count). The van der Waals surface area contributed by atoms with Gasteiger partial charge in [-0.3, -0.25) is 4.90 Å². The number of benzene rings is 2. The van der Waals surface area contributed by atoms with Gasteiger partial charge in [-0.25, -0.2) is 0 Å². The maximum atomic E-state index is 5.82. The van der Waals surface area contributed by atoms with E-state index in [-0.39, 0.29) is 0 Å². The highest BCUT2D eigenvalue weighted by atomic mass is 16.5. The van der Waals surface area contributed by atoms with E-state index < -0.39 is 0 Å². The minimum absolute atomic E-state index is 0.728. The molecule has 2 aromatic rings. The first-order valence-electron chi connectivity index (χ1n) is 6.91. The van der Waals surface area contributed by atoms with E-state index in [1.54, 1.807) is 7.11 Å². The number of hydrogen-bond donors (Lipinski definition) is 0. The Bertz CT molecular complexity index is 568. The van der Waals surface area contributed by atoms with Crippen LogP contribution in [0, 0.1) is 0 Å². The van der Waals surface area contributed by atoms with Crippen LogP contribution in [-0.2, 0) is 13.1 Å². The molecule has 0 bridgehead atoms. The predicted octanol–water partition coefficient (Wildman–Crippen LogP) is 3.09. The van der Waals surface area contributed by atoms with E-state index in [4.69, 9.17) is 9.47 Å². The molecule has 1 aliphatic heterocycles. The Kier molecular flexibility index (Phi) is 3.88. The Morgan fingerprint density at radius 2 is 2.00 bits per heavy atom. The Balaban J connectivity index is 1.78. The van der Waals surface area contributed by atoms with Gasteiger partial charge in [0.25, 0.3) is 0 Å². The van der Waals surface area contributed by atoms with E-state index in [1.807, 2.05) is 12.1 Å². The van der Waals surface area contributed by atoms with Crippen molar-refractivity contribution in [1.82, 2.24) is 4.90 Å². The summed E-state index contributed by atoms with van der Waals surface area (Å²) in [5.74, 6) is 1.86. The predicted molar refractivity (Wildman–Crippen MR) is 79.0 cm³/mol. The highest BCUT2D eigenvalue weighted by molar-refractivity contribution is 5.40. The minimum Gasteiger partial charge on any atom is -0.497 e. The van der Waals surface area contributed by atoms with Gasteiger partial charge in [-0.05, 0) is 23.8 Å². The zero-order valence-electron chi connectivity index (χ0n) is 11.7. The number of methoxy groups -OCH3 is 1. The van der Waals surface area contributed by atoms with Crippen LogP contribution in [0.5, 0.6) is 11.5 Å². The van der Waals surface area contributed by atoms with Crippen molar-refractivity contribution in [2.75, 3.05) is 20.3 Å². The van der Waals surface area contributed by atoms with E-state index in [0.717, 1.165) is 37.7 Å². The molecule has 0 saturated heterocycles. The van der Waals surface area contributed by atoms with E-state index in [0.29, 0.717) is 0 Å². The van der Waals surface area contributed by atoms with Gasteiger partial charge in [-0.2, -0.15) is 0 Å². The molecule has 1 aliphatic rings. The molecule has 3 nitrogen and oxygen atoms in total. The highest BCUT2D eigenvalue weighted by Gasteiger charge is 2.16. The highest BCUT2D eigenvalue weighted by Crippen LogP contribution is 2.27. The first-order chi connectivity index (χ1) is 9.85. The fraction of sp³-hybridized carbons (Fsp3) is 0.294. The average Bonchev–Trinajstić information content (AvgIpc) is 2.69. The molecule has 0 N–H and O–H groups in total. The van der Waals surface area contributed by atoms with Gasteiger partial charge in [0.1, 0.15) is 18.1 Å². The lowest BCUT2D eigenvalue weighted by atomic mass is 10.1. The van der Waals surface area contributed by atoms with Crippen molar-refractivity contribution >= 4 is 0 Å². The Hall–Kier alpha value is -2.00. The van der Waals surface area contributed by atoms with Crippen LogP contribution in [-0.4, -0.2) is 25.2 Å². The summed E-state index contributed by atoms with van der Waals surface area (Å²) in [6.45, 7) is 3.50. The molecule has 3 heteroatoms. The minimum atomic E-state index is 0.728. The first kappa shape index (κ1) is 13.0. The lowest BCUT2D eigenvalue weighted by molar-refractivity contribution is 0.219. The Morgan fingerprint density at radius 1 is 1.15 bits per heavy atom. The van der Waals surface area contributed by atoms with Gasteiger partial charge in [0.15, 0.2) is 0 Å². The van der Waals surface area contributed by atoms with Crippen LogP contribution in [0.25, 0.3) is 0 Å². The van der Waals surface area contributed by atoms with Crippen LogP contribution in [0.4, 0.5) is 0 Å². The third-order valence-electron chi connectivity index (χ3n) is 3.58. The van der Waals surface area contributed by atoms with Crippen LogP contribution < -0.4 is 9.47 Å². The quantitative estimate of drug-likeness (QED) is 0.854. The summed E-state index contributed by atoms with van der Waals surface area (Å²) in [6, 6.07) is 16.6. The lowest BCUT2D eigenvalue weighted by Crippen LogP contribution is -2.25. The molecule has 0 saturated carbocycles. The smallest absolute Gasteiger partial charge is 0.124 e. The van der Waals surface area contributed by atoms with Crippen molar-refractivity contribution in [3.63, 3.8) is 0 Å². The van der Waals surface area contributed by atoms with Crippen molar-refractivity contribution in [3.05, 3.63) is 59.7 Å². The lowest BCUT2D eigenvalue weighted by Gasteiger charge is -2.19. The van der Waals surface area contributed by atoms with Gasteiger partial charge < -0.3 is 9.47 Å². The summed E-state index contributed by atoms with van der Waals surface area (Å²) >= 11 is 0.